The Morgan fingerprint density at radius 1 is 1.08 bits per heavy atom. The Balaban J connectivity index is 2.42. The fourth-order valence-electron chi connectivity index (χ4n) is 3.07. The van der Waals surface area contributed by atoms with Gasteiger partial charge in [-0.3, -0.25) is 14.4 Å². The zero-order valence-corrected chi connectivity index (χ0v) is 15.6. The van der Waals surface area contributed by atoms with E-state index in [4.69, 9.17) is 0 Å². The van der Waals surface area contributed by atoms with Gasteiger partial charge >= 0.3 is 0 Å². The first kappa shape index (κ1) is 19.2. The zero-order chi connectivity index (χ0) is 18.6. The van der Waals surface area contributed by atoms with Crippen LogP contribution in [0.2, 0.25) is 0 Å². The van der Waals surface area contributed by atoms with Crippen LogP contribution in [-0.4, -0.2) is 29.0 Å². The quantitative estimate of drug-likeness (QED) is 0.830. The minimum absolute atomic E-state index is 0.0396. The molecule has 1 aliphatic carbocycles. The molecule has 6 heteroatoms. The first-order valence-electron chi connectivity index (χ1n) is 9.14. The summed E-state index contributed by atoms with van der Waals surface area (Å²) in [7, 11) is 0. The van der Waals surface area contributed by atoms with Crippen LogP contribution >= 0.6 is 0 Å². The van der Waals surface area contributed by atoms with Crippen LogP contribution in [0.1, 0.15) is 80.1 Å². The van der Waals surface area contributed by atoms with Gasteiger partial charge in [-0.25, -0.2) is 0 Å². The van der Waals surface area contributed by atoms with Gasteiger partial charge in [0.05, 0.1) is 0 Å². The van der Waals surface area contributed by atoms with Crippen molar-refractivity contribution in [2.45, 2.75) is 65.5 Å². The van der Waals surface area contributed by atoms with E-state index in [9.17, 15) is 14.4 Å². The van der Waals surface area contributed by atoms with Crippen molar-refractivity contribution in [3.63, 3.8) is 0 Å². The Morgan fingerprint density at radius 3 is 2.16 bits per heavy atom. The van der Waals surface area contributed by atoms with Crippen molar-refractivity contribution in [2.24, 2.45) is 5.92 Å². The number of hydrogen-bond acceptors (Lipinski definition) is 3. The van der Waals surface area contributed by atoms with Crippen LogP contribution in [0.5, 0.6) is 0 Å². The highest BCUT2D eigenvalue weighted by Gasteiger charge is 2.23. The van der Waals surface area contributed by atoms with Crippen molar-refractivity contribution < 1.29 is 9.59 Å². The number of nitrogens with zero attached hydrogens (tertiary/aromatic N) is 1. The number of carbonyl (C=O) groups excluding carboxylic acids is 2. The maximum atomic E-state index is 12.7. The first-order chi connectivity index (χ1) is 11.8. The summed E-state index contributed by atoms with van der Waals surface area (Å²) in [6.07, 6.45) is 7.47. The van der Waals surface area contributed by atoms with E-state index in [1.165, 1.54) is 0 Å². The minimum Gasteiger partial charge on any atom is -0.352 e. The van der Waals surface area contributed by atoms with Crippen LogP contribution in [-0.2, 0) is 0 Å². The summed E-state index contributed by atoms with van der Waals surface area (Å²) in [5.41, 5.74) is -0.421. The largest absolute Gasteiger partial charge is 0.352 e. The van der Waals surface area contributed by atoms with Crippen molar-refractivity contribution in [2.75, 3.05) is 6.54 Å². The molecule has 1 saturated carbocycles. The summed E-state index contributed by atoms with van der Waals surface area (Å²) in [4.78, 5) is 37.6. The van der Waals surface area contributed by atoms with Crippen molar-refractivity contribution in [3.8, 4) is 0 Å². The lowest BCUT2D eigenvalue weighted by Crippen LogP contribution is -2.38. The molecule has 6 nitrogen and oxygen atoms in total. The van der Waals surface area contributed by atoms with Gasteiger partial charge in [0.15, 0.2) is 0 Å². The van der Waals surface area contributed by atoms with Crippen molar-refractivity contribution in [3.05, 3.63) is 33.7 Å². The van der Waals surface area contributed by atoms with Crippen molar-refractivity contribution in [1.29, 1.82) is 0 Å². The molecule has 25 heavy (non-hydrogen) atoms. The van der Waals surface area contributed by atoms with E-state index < -0.39 is 17.2 Å². The summed E-state index contributed by atoms with van der Waals surface area (Å²) >= 11 is 0. The molecule has 0 aliphatic heterocycles. The van der Waals surface area contributed by atoms with Gasteiger partial charge in [0.25, 0.3) is 11.8 Å². The number of hydrogen-bond donors (Lipinski definition) is 2. The van der Waals surface area contributed by atoms with Gasteiger partial charge in [0.1, 0.15) is 11.1 Å². The second kappa shape index (κ2) is 8.32. The predicted octanol–water partition coefficient (Wildman–Crippen LogP) is 2.49. The van der Waals surface area contributed by atoms with Gasteiger partial charge in [0, 0.05) is 31.0 Å². The maximum Gasteiger partial charge on any atom is 0.256 e. The van der Waals surface area contributed by atoms with E-state index in [1.54, 1.807) is 12.4 Å². The Labute approximate surface area is 149 Å². The summed E-state index contributed by atoms with van der Waals surface area (Å²) in [6.45, 7) is 8.15. The number of aromatic nitrogens is 1. The second-order valence-electron chi connectivity index (χ2n) is 7.53. The Morgan fingerprint density at radius 2 is 1.64 bits per heavy atom. The number of carbonyl (C=O) groups is 2. The van der Waals surface area contributed by atoms with Crippen LogP contribution in [0.4, 0.5) is 0 Å². The lowest BCUT2D eigenvalue weighted by Gasteiger charge is -2.18. The fourth-order valence-corrected chi connectivity index (χ4v) is 3.07. The van der Waals surface area contributed by atoms with E-state index in [0.717, 1.165) is 25.7 Å². The molecule has 1 aliphatic rings. The molecule has 0 atom stereocenters. The normalized spacial score (nSPS) is 15.0. The van der Waals surface area contributed by atoms with Crippen LogP contribution < -0.4 is 16.1 Å². The van der Waals surface area contributed by atoms with Crippen LogP contribution in [0.25, 0.3) is 0 Å². The topological polar surface area (TPSA) is 80.2 Å². The average Bonchev–Trinajstić information content (AvgIpc) is 3.06. The smallest absolute Gasteiger partial charge is 0.256 e. The lowest BCUT2D eigenvalue weighted by molar-refractivity contribution is 0.0940. The molecule has 1 heterocycles. The van der Waals surface area contributed by atoms with Gasteiger partial charge in [-0.05, 0) is 32.6 Å². The van der Waals surface area contributed by atoms with E-state index in [2.05, 4.69) is 10.6 Å². The van der Waals surface area contributed by atoms with Crippen LogP contribution in [0.3, 0.4) is 0 Å². The van der Waals surface area contributed by atoms with E-state index in [1.807, 2.05) is 32.3 Å². The van der Waals surface area contributed by atoms with Crippen molar-refractivity contribution in [1.82, 2.24) is 15.2 Å². The van der Waals surface area contributed by atoms with Crippen LogP contribution in [0, 0.1) is 5.92 Å². The van der Waals surface area contributed by atoms with Gasteiger partial charge in [-0.2, -0.15) is 0 Å². The summed E-state index contributed by atoms with van der Waals surface area (Å²) in [6, 6.07) is 0.160. The first-order valence-corrected chi connectivity index (χ1v) is 9.14. The van der Waals surface area contributed by atoms with Crippen LogP contribution in [0.15, 0.2) is 17.2 Å². The predicted molar refractivity (Wildman–Crippen MR) is 98.0 cm³/mol. The number of nitrogens with one attached hydrogen (secondary N) is 2. The molecule has 1 aromatic rings. The molecule has 2 N–H and O–H groups in total. The molecule has 0 aromatic carbocycles. The zero-order valence-electron chi connectivity index (χ0n) is 15.6. The maximum absolute atomic E-state index is 12.7. The van der Waals surface area contributed by atoms with Gasteiger partial charge in [0.2, 0.25) is 5.43 Å². The highest BCUT2D eigenvalue weighted by Crippen LogP contribution is 2.29. The standard InChI is InChI=1S/C19H29N3O3/c1-12(2)9-20-18(24)15-10-22(14-7-5-6-8-14)11-16(17(15)23)19(25)21-13(3)4/h10-14H,5-9H2,1-4H3,(H,20,24)(H,21,25). The molecule has 138 valence electrons. The molecule has 2 amide bonds. The van der Waals surface area contributed by atoms with Gasteiger partial charge in [-0.15, -0.1) is 0 Å². The molecule has 0 spiro atoms. The number of pyridine rings is 1. The molecule has 0 unspecified atom stereocenters. The molecule has 1 fully saturated rings. The fraction of sp³-hybridized carbons (Fsp3) is 0.632. The average molecular weight is 347 g/mol. The number of amides is 2. The van der Waals surface area contributed by atoms with E-state index in [0.29, 0.717) is 6.54 Å². The molecular formula is C19H29N3O3. The highest BCUT2D eigenvalue weighted by atomic mass is 16.2. The third kappa shape index (κ3) is 4.94. The summed E-state index contributed by atoms with van der Waals surface area (Å²) < 4.78 is 1.88. The Kier molecular flexibility index (Phi) is 6.39. The Hall–Kier alpha value is -2.11. The summed E-state index contributed by atoms with van der Waals surface area (Å²) in [5.74, 6) is -0.552. The molecule has 0 bridgehead atoms. The molecule has 0 radical (unpaired) electrons. The highest BCUT2D eigenvalue weighted by molar-refractivity contribution is 5.99. The van der Waals surface area contributed by atoms with Gasteiger partial charge < -0.3 is 15.2 Å². The molecule has 1 aromatic heterocycles. The second-order valence-corrected chi connectivity index (χ2v) is 7.53. The van der Waals surface area contributed by atoms with E-state index in [-0.39, 0.29) is 29.1 Å². The third-order valence-corrected chi connectivity index (χ3v) is 4.37. The monoisotopic (exact) mass is 347 g/mol. The number of rotatable bonds is 6. The van der Waals surface area contributed by atoms with Crippen molar-refractivity contribution >= 4 is 11.8 Å². The molecule has 0 saturated heterocycles. The van der Waals surface area contributed by atoms with Gasteiger partial charge in [-0.1, -0.05) is 26.7 Å². The SMILES string of the molecule is CC(C)CNC(=O)c1cn(C2CCCC2)cc(C(=O)NC(C)C)c1=O. The molecule has 2 rings (SSSR count). The molecular weight excluding hydrogens is 318 g/mol. The summed E-state index contributed by atoms with van der Waals surface area (Å²) in [5, 5.41) is 5.53. The Bertz CT molecular complexity index is 686. The third-order valence-electron chi connectivity index (χ3n) is 4.37. The minimum atomic E-state index is -0.506. The lowest BCUT2D eigenvalue weighted by atomic mass is 10.1. The van der Waals surface area contributed by atoms with E-state index >= 15 is 0 Å².